The molecule has 2 amide bonds. The zero-order chi connectivity index (χ0) is 55.6. The van der Waals surface area contributed by atoms with Crippen molar-refractivity contribution in [3.05, 3.63) is 108 Å². The molecule has 0 saturated carbocycles. The summed E-state index contributed by atoms with van der Waals surface area (Å²) in [5.74, 6) is -5.49. The van der Waals surface area contributed by atoms with Crippen molar-refractivity contribution in [3.63, 3.8) is 0 Å². The molecule has 15 atom stereocenters. The largest absolute Gasteiger partial charge is 0.463 e. The summed E-state index contributed by atoms with van der Waals surface area (Å²) in [5, 5.41) is 5.40. The number of amides is 2. The summed E-state index contributed by atoms with van der Waals surface area (Å²) >= 11 is 0. The lowest BCUT2D eigenvalue weighted by Gasteiger charge is -2.51. The Labute approximate surface area is 445 Å². The van der Waals surface area contributed by atoms with Crippen molar-refractivity contribution in [1.82, 2.24) is 10.6 Å². The molecule has 23 heteroatoms. The number of benzene rings is 3. The molecule has 3 aliphatic heterocycles. The number of carbonyl (C=O) groups excluding carboxylic acids is 7. The summed E-state index contributed by atoms with van der Waals surface area (Å²) in [5.41, 5.74) is 2.53. The van der Waals surface area contributed by atoms with Crippen LogP contribution in [0.5, 0.6) is 0 Å². The number of esters is 5. The second kappa shape index (κ2) is 29.4. The average Bonchev–Trinajstić information content (AvgIpc) is 3.38. The molecule has 0 spiro atoms. The van der Waals surface area contributed by atoms with Crippen molar-refractivity contribution >= 4 is 41.7 Å². The van der Waals surface area contributed by atoms with Crippen LogP contribution in [-0.2, 0) is 120 Å². The fourth-order valence-electron chi connectivity index (χ4n) is 9.09. The fraction of sp³-hybridized carbons (Fsp3) is 0.537. The van der Waals surface area contributed by atoms with Crippen LogP contribution in [0, 0.1) is 0 Å². The van der Waals surface area contributed by atoms with Crippen molar-refractivity contribution in [2.75, 3.05) is 26.9 Å². The van der Waals surface area contributed by atoms with E-state index >= 15 is 0 Å². The van der Waals surface area contributed by atoms with Crippen LogP contribution >= 0.6 is 0 Å². The average molecular weight is 1080 g/mol. The molecule has 3 heterocycles. The third-order valence-corrected chi connectivity index (χ3v) is 12.2. The standard InChI is InChI=1S/C54H68N2O21/c1-30(57)55-43-48(71-35(6)62)46(70-34(5)61)41(28-66-32(3)59)73-52(43)76-47-42(29-67-33(4)60)74-53(44(56-31(2)58)49(47)72-36(7)63)77-51-50(69-26-39-22-16-11-17-23-39)45(68-25-38-20-14-10-15-21-38)40(75-54(51)64-8)27-65-24-37-18-12-9-13-19-37/h9-23,40-54H,24-29H2,1-8H3,(H,55,57)(H,56,58). The van der Waals surface area contributed by atoms with Crippen molar-refractivity contribution in [2.45, 2.75) is 160 Å². The highest BCUT2D eigenvalue weighted by atomic mass is 16.8. The first-order chi connectivity index (χ1) is 36.9. The van der Waals surface area contributed by atoms with Crippen LogP contribution in [0.3, 0.4) is 0 Å². The molecule has 3 aromatic carbocycles. The fourth-order valence-corrected chi connectivity index (χ4v) is 9.09. The maximum absolute atomic E-state index is 13.4. The summed E-state index contributed by atoms with van der Waals surface area (Å²) in [6, 6.07) is 25.3. The Bertz CT molecular complexity index is 2400. The van der Waals surface area contributed by atoms with Gasteiger partial charge in [-0.1, -0.05) is 91.0 Å². The second-order valence-corrected chi connectivity index (χ2v) is 18.4. The first-order valence-corrected chi connectivity index (χ1v) is 25.0. The third kappa shape index (κ3) is 17.8. The van der Waals surface area contributed by atoms with Gasteiger partial charge in [0.25, 0.3) is 0 Å². The van der Waals surface area contributed by atoms with Crippen LogP contribution in [0.15, 0.2) is 91.0 Å². The maximum Gasteiger partial charge on any atom is 0.303 e. The van der Waals surface area contributed by atoms with Gasteiger partial charge in [-0.2, -0.15) is 0 Å². The SMILES string of the molecule is COC1OC(COCc2ccccc2)C(OCc2ccccc2)C(OCc2ccccc2)C1OC1OC(COC(C)=O)C(OC2OC(COC(C)=O)C(OC(C)=O)C(OC(C)=O)C2NC(C)=O)C(OC(C)=O)C1NC(C)=O. The molecule has 2 N–H and O–H groups in total. The van der Waals surface area contributed by atoms with Gasteiger partial charge in [-0.05, 0) is 16.7 Å². The van der Waals surface area contributed by atoms with Gasteiger partial charge in [0.05, 0.1) is 26.4 Å². The molecule has 0 aromatic heterocycles. The number of hydrogen-bond donors (Lipinski definition) is 2. The van der Waals surface area contributed by atoms with Crippen LogP contribution in [0.25, 0.3) is 0 Å². The van der Waals surface area contributed by atoms with Crippen LogP contribution < -0.4 is 10.6 Å². The number of hydrogen-bond acceptors (Lipinski definition) is 21. The molecule has 0 radical (unpaired) electrons. The van der Waals surface area contributed by atoms with E-state index in [1.165, 1.54) is 14.0 Å². The molecular weight excluding hydrogens is 1010 g/mol. The Morgan fingerprint density at radius 2 is 0.792 bits per heavy atom. The maximum atomic E-state index is 13.4. The van der Waals surface area contributed by atoms with Crippen LogP contribution in [-0.4, -0.2) is 161 Å². The quantitative estimate of drug-likeness (QED) is 0.0964. The lowest BCUT2D eigenvalue weighted by molar-refractivity contribution is -0.371. The molecule has 0 bridgehead atoms. The van der Waals surface area contributed by atoms with E-state index in [0.29, 0.717) is 0 Å². The van der Waals surface area contributed by atoms with Crippen LogP contribution in [0.2, 0.25) is 0 Å². The molecule has 6 rings (SSSR count). The van der Waals surface area contributed by atoms with Crippen molar-refractivity contribution in [1.29, 1.82) is 0 Å². The molecule has 77 heavy (non-hydrogen) atoms. The predicted octanol–water partition coefficient (Wildman–Crippen LogP) is 2.90. The van der Waals surface area contributed by atoms with Gasteiger partial charge < -0.3 is 76.9 Å². The van der Waals surface area contributed by atoms with Gasteiger partial charge in [-0.3, -0.25) is 33.6 Å². The first-order valence-electron chi connectivity index (χ1n) is 25.0. The number of methoxy groups -OCH3 is 1. The van der Waals surface area contributed by atoms with E-state index in [4.69, 9.17) is 66.3 Å². The number of carbonyl (C=O) groups is 7. The van der Waals surface area contributed by atoms with Crippen molar-refractivity contribution < 1.29 is 99.9 Å². The van der Waals surface area contributed by atoms with Crippen LogP contribution in [0.1, 0.15) is 65.2 Å². The van der Waals surface area contributed by atoms with E-state index in [1.54, 1.807) is 0 Å². The Kier molecular flexibility index (Phi) is 22.8. The molecule has 3 fully saturated rings. The smallest absolute Gasteiger partial charge is 0.303 e. The van der Waals surface area contributed by atoms with Gasteiger partial charge in [0.15, 0.2) is 37.2 Å². The summed E-state index contributed by atoms with van der Waals surface area (Å²) in [4.78, 5) is 89.6. The van der Waals surface area contributed by atoms with Crippen molar-refractivity contribution in [3.8, 4) is 0 Å². The summed E-state index contributed by atoms with van der Waals surface area (Å²) in [6.07, 6.45) is -18.1. The van der Waals surface area contributed by atoms with Gasteiger partial charge in [0.2, 0.25) is 11.8 Å². The van der Waals surface area contributed by atoms with Gasteiger partial charge in [-0.25, -0.2) is 0 Å². The van der Waals surface area contributed by atoms with Gasteiger partial charge >= 0.3 is 29.8 Å². The van der Waals surface area contributed by atoms with Crippen molar-refractivity contribution in [2.24, 2.45) is 0 Å². The van der Waals surface area contributed by atoms with E-state index in [1.807, 2.05) is 91.0 Å². The normalized spacial score (nSPS) is 29.0. The highest BCUT2D eigenvalue weighted by molar-refractivity contribution is 5.74. The Hall–Kier alpha value is -6.41. The topological polar surface area (TPSA) is 273 Å². The van der Waals surface area contributed by atoms with Gasteiger partial charge in [0, 0.05) is 55.6 Å². The molecule has 15 unspecified atom stereocenters. The highest BCUT2D eigenvalue weighted by Crippen LogP contribution is 2.37. The Morgan fingerprint density at radius 3 is 1.22 bits per heavy atom. The zero-order valence-corrected chi connectivity index (χ0v) is 44.1. The predicted molar refractivity (Wildman–Crippen MR) is 264 cm³/mol. The number of rotatable bonds is 24. The second-order valence-electron chi connectivity index (χ2n) is 18.4. The molecule has 420 valence electrons. The molecule has 23 nitrogen and oxygen atoms in total. The Morgan fingerprint density at radius 1 is 0.416 bits per heavy atom. The molecule has 3 aliphatic rings. The van der Waals surface area contributed by atoms with E-state index in [-0.39, 0.29) is 26.4 Å². The summed E-state index contributed by atoms with van der Waals surface area (Å²) < 4.78 is 87.1. The van der Waals surface area contributed by atoms with E-state index in [0.717, 1.165) is 58.2 Å². The highest BCUT2D eigenvalue weighted by Gasteiger charge is 2.58. The third-order valence-electron chi connectivity index (χ3n) is 12.2. The molecule has 3 saturated heterocycles. The van der Waals surface area contributed by atoms with Crippen LogP contribution in [0.4, 0.5) is 0 Å². The monoisotopic (exact) mass is 1080 g/mol. The number of ether oxygens (including phenoxy) is 14. The van der Waals surface area contributed by atoms with E-state index in [9.17, 15) is 33.6 Å². The minimum absolute atomic E-state index is 0.00294. The summed E-state index contributed by atoms with van der Waals surface area (Å²) in [6.45, 7) is 7.01. The molecular formula is C54H68N2O21. The van der Waals surface area contributed by atoms with E-state index < -0.39 is 147 Å². The molecule has 3 aromatic rings. The zero-order valence-electron chi connectivity index (χ0n) is 44.1. The Balaban J connectivity index is 1.43. The minimum Gasteiger partial charge on any atom is -0.463 e. The first kappa shape index (κ1) is 59.8. The van der Waals surface area contributed by atoms with E-state index in [2.05, 4.69) is 10.6 Å². The summed E-state index contributed by atoms with van der Waals surface area (Å²) in [7, 11) is 1.39. The lowest BCUT2D eigenvalue weighted by atomic mass is 9.93. The molecule has 0 aliphatic carbocycles. The van der Waals surface area contributed by atoms with Gasteiger partial charge in [0.1, 0.15) is 68.0 Å². The number of nitrogens with one attached hydrogen (secondary N) is 2. The van der Waals surface area contributed by atoms with Gasteiger partial charge in [-0.15, -0.1) is 0 Å². The minimum atomic E-state index is -1.76. The lowest BCUT2D eigenvalue weighted by Crippen LogP contribution is -2.71.